The number of ketones is 1. The molecule has 0 spiro atoms. The van der Waals surface area contributed by atoms with Gasteiger partial charge in [-0.1, -0.05) is 72.8 Å². The number of hydrogen-bond acceptors (Lipinski definition) is 4. The van der Waals surface area contributed by atoms with E-state index in [-0.39, 0.29) is 11.7 Å². The van der Waals surface area contributed by atoms with Crippen molar-refractivity contribution in [3.63, 3.8) is 0 Å². The van der Waals surface area contributed by atoms with Crippen molar-refractivity contribution in [2.24, 2.45) is 0 Å². The monoisotopic (exact) mass is 413 g/mol. The van der Waals surface area contributed by atoms with E-state index in [0.29, 0.717) is 35.3 Å². The Morgan fingerprint density at radius 1 is 0.677 bits per heavy atom. The average Bonchev–Trinajstić information content (AvgIpc) is 3.38. The SMILES string of the molecule is O=C(OC(C(=O)N1CCCC1)c1ccccc1)c1ccc(C(=O)c2ccccc2)cc1. The summed E-state index contributed by atoms with van der Waals surface area (Å²) in [5, 5.41) is 0. The highest BCUT2D eigenvalue weighted by atomic mass is 16.5. The van der Waals surface area contributed by atoms with Gasteiger partial charge in [0.15, 0.2) is 5.78 Å². The molecule has 3 aromatic rings. The second-order valence-corrected chi connectivity index (χ2v) is 7.50. The first-order chi connectivity index (χ1) is 15.1. The van der Waals surface area contributed by atoms with Gasteiger partial charge in [0, 0.05) is 29.8 Å². The van der Waals surface area contributed by atoms with Gasteiger partial charge in [-0.05, 0) is 25.0 Å². The van der Waals surface area contributed by atoms with Gasteiger partial charge in [0.2, 0.25) is 6.10 Å². The van der Waals surface area contributed by atoms with E-state index in [1.54, 1.807) is 65.6 Å². The number of hydrogen-bond donors (Lipinski definition) is 0. The van der Waals surface area contributed by atoms with Gasteiger partial charge in [0.1, 0.15) is 0 Å². The minimum atomic E-state index is -0.988. The largest absolute Gasteiger partial charge is 0.444 e. The van der Waals surface area contributed by atoms with Crippen LogP contribution in [-0.2, 0) is 9.53 Å². The van der Waals surface area contributed by atoms with Gasteiger partial charge in [-0.15, -0.1) is 0 Å². The van der Waals surface area contributed by atoms with Gasteiger partial charge in [0.25, 0.3) is 5.91 Å². The molecule has 5 heteroatoms. The molecule has 4 rings (SSSR count). The van der Waals surface area contributed by atoms with E-state index < -0.39 is 12.1 Å². The van der Waals surface area contributed by atoms with Crippen molar-refractivity contribution in [1.82, 2.24) is 4.90 Å². The topological polar surface area (TPSA) is 63.7 Å². The Bertz CT molecular complexity index is 1060. The molecule has 156 valence electrons. The summed E-state index contributed by atoms with van der Waals surface area (Å²) in [7, 11) is 0. The summed E-state index contributed by atoms with van der Waals surface area (Å²) in [4.78, 5) is 40.1. The maximum absolute atomic E-state index is 13.0. The first-order valence-electron chi connectivity index (χ1n) is 10.4. The van der Waals surface area contributed by atoms with E-state index in [0.717, 1.165) is 12.8 Å². The maximum atomic E-state index is 13.0. The van der Waals surface area contributed by atoms with Crippen molar-refractivity contribution in [2.75, 3.05) is 13.1 Å². The van der Waals surface area contributed by atoms with E-state index in [9.17, 15) is 14.4 Å². The van der Waals surface area contributed by atoms with Crippen LogP contribution in [0.3, 0.4) is 0 Å². The van der Waals surface area contributed by atoms with Gasteiger partial charge in [-0.2, -0.15) is 0 Å². The van der Waals surface area contributed by atoms with Crippen LogP contribution in [0.1, 0.15) is 50.8 Å². The Balaban J connectivity index is 1.52. The Hall–Kier alpha value is -3.73. The van der Waals surface area contributed by atoms with E-state index in [1.807, 2.05) is 24.3 Å². The normalized spacial score (nSPS) is 14.1. The van der Waals surface area contributed by atoms with E-state index >= 15 is 0 Å². The Kier molecular flexibility index (Phi) is 6.22. The Morgan fingerprint density at radius 3 is 1.81 bits per heavy atom. The fraction of sp³-hybridized carbons (Fsp3) is 0.192. The van der Waals surface area contributed by atoms with E-state index in [2.05, 4.69) is 0 Å². The second-order valence-electron chi connectivity index (χ2n) is 7.50. The molecule has 1 heterocycles. The lowest BCUT2D eigenvalue weighted by Gasteiger charge is -2.23. The van der Waals surface area contributed by atoms with Gasteiger partial charge in [-0.25, -0.2) is 4.79 Å². The standard InChI is InChI=1S/C26H23NO4/c28-23(19-9-3-1-4-10-19)20-13-15-22(16-14-20)26(30)31-24(21-11-5-2-6-12-21)25(29)27-17-7-8-18-27/h1-6,9-16,24H,7-8,17-18H2. The third kappa shape index (κ3) is 4.72. The molecule has 1 atom stereocenters. The molecule has 1 saturated heterocycles. The van der Waals surface area contributed by atoms with Crippen LogP contribution >= 0.6 is 0 Å². The number of benzene rings is 3. The molecule has 1 aliphatic rings. The number of nitrogens with zero attached hydrogens (tertiary/aromatic N) is 1. The molecule has 0 bridgehead atoms. The lowest BCUT2D eigenvalue weighted by molar-refractivity contribution is -0.140. The third-order valence-electron chi connectivity index (χ3n) is 5.39. The molecule has 1 unspecified atom stereocenters. The zero-order valence-corrected chi connectivity index (χ0v) is 17.1. The van der Waals surface area contributed by atoms with Crippen molar-refractivity contribution in [3.05, 3.63) is 107 Å². The molecule has 31 heavy (non-hydrogen) atoms. The van der Waals surface area contributed by atoms with Crippen molar-refractivity contribution in [2.45, 2.75) is 18.9 Å². The van der Waals surface area contributed by atoms with Crippen LogP contribution in [0.5, 0.6) is 0 Å². The first kappa shape index (κ1) is 20.5. The van der Waals surface area contributed by atoms with E-state index in [4.69, 9.17) is 4.74 Å². The van der Waals surface area contributed by atoms with Gasteiger partial charge in [-0.3, -0.25) is 9.59 Å². The van der Waals surface area contributed by atoms with Crippen LogP contribution < -0.4 is 0 Å². The second kappa shape index (κ2) is 9.39. The molecule has 3 aromatic carbocycles. The van der Waals surface area contributed by atoms with E-state index in [1.165, 1.54) is 0 Å². The molecular weight excluding hydrogens is 390 g/mol. The van der Waals surface area contributed by atoms with Crippen LogP contribution in [-0.4, -0.2) is 35.6 Å². The number of likely N-dealkylation sites (tertiary alicyclic amines) is 1. The van der Waals surface area contributed by atoms with Crippen LogP contribution in [0.25, 0.3) is 0 Å². The van der Waals surface area contributed by atoms with Gasteiger partial charge < -0.3 is 9.64 Å². The molecule has 0 radical (unpaired) electrons. The summed E-state index contributed by atoms with van der Waals surface area (Å²) in [5.74, 6) is -0.917. The highest BCUT2D eigenvalue weighted by molar-refractivity contribution is 6.09. The molecule has 1 fully saturated rings. The summed E-state index contributed by atoms with van der Waals surface area (Å²) in [6.45, 7) is 1.35. The quantitative estimate of drug-likeness (QED) is 0.443. The molecular formula is C26H23NO4. The number of rotatable bonds is 6. The van der Waals surface area contributed by atoms with Crippen molar-refractivity contribution < 1.29 is 19.1 Å². The smallest absolute Gasteiger partial charge is 0.339 e. The summed E-state index contributed by atoms with van der Waals surface area (Å²) in [6, 6.07) is 24.3. The zero-order valence-electron chi connectivity index (χ0n) is 17.1. The summed E-state index contributed by atoms with van der Waals surface area (Å²) in [5.41, 5.74) is 2.00. The van der Waals surface area contributed by atoms with Gasteiger partial charge in [0.05, 0.1) is 5.56 Å². The predicted octanol–water partition coefficient (Wildman–Crippen LogP) is 4.44. The summed E-state index contributed by atoms with van der Waals surface area (Å²) < 4.78 is 5.67. The third-order valence-corrected chi connectivity index (χ3v) is 5.39. The number of amides is 1. The molecule has 1 aliphatic heterocycles. The van der Waals surface area contributed by atoms with Crippen LogP contribution in [0.2, 0.25) is 0 Å². The lowest BCUT2D eigenvalue weighted by Crippen LogP contribution is -2.34. The first-order valence-corrected chi connectivity index (χ1v) is 10.4. The van der Waals surface area contributed by atoms with Crippen LogP contribution in [0.15, 0.2) is 84.9 Å². The number of carbonyl (C=O) groups is 3. The summed E-state index contributed by atoms with van der Waals surface area (Å²) in [6.07, 6.45) is 0.924. The highest BCUT2D eigenvalue weighted by Gasteiger charge is 2.31. The van der Waals surface area contributed by atoms with Crippen LogP contribution in [0.4, 0.5) is 0 Å². The average molecular weight is 413 g/mol. The van der Waals surface area contributed by atoms with Gasteiger partial charge >= 0.3 is 5.97 Å². The minimum Gasteiger partial charge on any atom is -0.444 e. The molecule has 1 amide bonds. The zero-order chi connectivity index (χ0) is 21.6. The maximum Gasteiger partial charge on any atom is 0.339 e. The van der Waals surface area contributed by atoms with Crippen molar-refractivity contribution in [3.8, 4) is 0 Å². The minimum absolute atomic E-state index is 0.119. The number of ether oxygens (including phenoxy) is 1. The fourth-order valence-electron chi connectivity index (χ4n) is 3.68. The molecule has 0 saturated carbocycles. The Morgan fingerprint density at radius 2 is 1.19 bits per heavy atom. The number of esters is 1. The fourth-order valence-corrected chi connectivity index (χ4v) is 3.68. The highest BCUT2D eigenvalue weighted by Crippen LogP contribution is 2.24. The van der Waals surface area contributed by atoms with Crippen molar-refractivity contribution >= 4 is 17.7 Å². The molecule has 5 nitrogen and oxygen atoms in total. The van der Waals surface area contributed by atoms with Crippen LogP contribution in [0, 0.1) is 0 Å². The number of carbonyl (C=O) groups excluding carboxylic acids is 3. The lowest BCUT2D eigenvalue weighted by atomic mass is 10.0. The Labute approximate surface area is 181 Å². The predicted molar refractivity (Wildman–Crippen MR) is 117 cm³/mol. The van der Waals surface area contributed by atoms with Crippen molar-refractivity contribution in [1.29, 1.82) is 0 Å². The molecule has 0 aliphatic carbocycles. The molecule has 0 aromatic heterocycles. The molecule has 0 N–H and O–H groups in total. The summed E-state index contributed by atoms with van der Waals surface area (Å²) >= 11 is 0.